The summed E-state index contributed by atoms with van der Waals surface area (Å²) in [6.07, 6.45) is 0.731. The van der Waals surface area contributed by atoms with E-state index >= 15 is 0 Å². The van der Waals surface area contributed by atoms with Crippen LogP contribution < -0.4 is 4.74 Å². The van der Waals surface area contributed by atoms with Gasteiger partial charge in [0.05, 0.1) is 12.7 Å². The molecule has 2 rings (SSSR count). The van der Waals surface area contributed by atoms with Crippen LogP contribution in [0.2, 0.25) is 0 Å². The van der Waals surface area contributed by atoms with Crippen LogP contribution in [-0.4, -0.2) is 26.0 Å². The van der Waals surface area contributed by atoms with E-state index < -0.39 is 5.97 Å². The first-order chi connectivity index (χ1) is 8.76. The second-order valence-corrected chi connectivity index (χ2v) is 3.68. The SMILES string of the molecule is COC(=O)COc1ccc2ccccc2c1C=O. The third-order valence-electron chi connectivity index (χ3n) is 2.62. The molecule has 18 heavy (non-hydrogen) atoms. The average molecular weight is 244 g/mol. The molecule has 2 aromatic rings. The molecule has 0 aromatic heterocycles. The standard InChI is InChI=1S/C14H12O4/c1-17-14(16)9-18-13-7-6-10-4-2-3-5-11(10)12(13)8-15/h2-8H,9H2,1H3. The lowest BCUT2D eigenvalue weighted by molar-refractivity contribution is -0.142. The summed E-state index contributed by atoms with van der Waals surface area (Å²) in [7, 11) is 1.28. The fourth-order valence-corrected chi connectivity index (χ4v) is 1.72. The number of rotatable bonds is 4. The summed E-state index contributed by atoms with van der Waals surface area (Å²) in [4.78, 5) is 22.2. The lowest BCUT2D eigenvalue weighted by Crippen LogP contribution is -2.13. The Morgan fingerprint density at radius 3 is 2.72 bits per heavy atom. The van der Waals surface area contributed by atoms with Gasteiger partial charge in [-0.3, -0.25) is 4.79 Å². The third kappa shape index (κ3) is 2.32. The lowest BCUT2D eigenvalue weighted by Gasteiger charge is -2.09. The number of hydrogen-bond donors (Lipinski definition) is 0. The first kappa shape index (κ1) is 12.1. The van der Waals surface area contributed by atoms with Gasteiger partial charge in [0.25, 0.3) is 0 Å². The van der Waals surface area contributed by atoms with Gasteiger partial charge < -0.3 is 9.47 Å². The summed E-state index contributed by atoms with van der Waals surface area (Å²) >= 11 is 0. The van der Waals surface area contributed by atoms with E-state index in [9.17, 15) is 9.59 Å². The predicted octanol–water partition coefficient (Wildman–Crippen LogP) is 2.20. The van der Waals surface area contributed by atoms with Gasteiger partial charge in [0.1, 0.15) is 5.75 Å². The topological polar surface area (TPSA) is 52.6 Å². The van der Waals surface area contributed by atoms with Crippen molar-refractivity contribution in [3.8, 4) is 5.75 Å². The van der Waals surface area contributed by atoms with E-state index in [0.29, 0.717) is 11.3 Å². The Bertz CT molecular complexity index is 589. The van der Waals surface area contributed by atoms with Crippen LogP contribution in [0.3, 0.4) is 0 Å². The van der Waals surface area contributed by atoms with Crippen LogP contribution in [0.1, 0.15) is 10.4 Å². The Morgan fingerprint density at radius 2 is 2.00 bits per heavy atom. The summed E-state index contributed by atoms with van der Waals surface area (Å²) in [5.74, 6) is -0.103. The maximum absolute atomic E-state index is 11.2. The van der Waals surface area contributed by atoms with Gasteiger partial charge in [0.2, 0.25) is 0 Å². The van der Waals surface area contributed by atoms with E-state index in [1.54, 1.807) is 6.07 Å². The van der Waals surface area contributed by atoms with Crippen molar-refractivity contribution in [2.45, 2.75) is 0 Å². The molecule has 0 saturated heterocycles. The fourth-order valence-electron chi connectivity index (χ4n) is 1.72. The molecule has 4 nitrogen and oxygen atoms in total. The van der Waals surface area contributed by atoms with Crippen LogP contribution in [0.25, 0.3) is 10.8 Å². The predicted molar refractivity (Wildman–Crippen MR) is 66.8 cm³/mol. The molecule has 0 fully saturated rings. The summed E-state index contributed by atoms with van der Waals surface area (Å²) in [6.45, 7) is -0.213. The van der Waals surface area contributed by atoms with E-state index in [4.69, 9.17) is 4.74 Å². The molecule has 0 spiro atoms. The van der Waals surface area contributed by atoms with Crippen molar-refractivity contribution in [3.05, 3.63) is 42.0 Å². The number of methoxy groups -OCH3 is 1. The van der Waals surface area contributed by atoms with Crippen LogP contribution >= 0.6 is 0 Å². The summed E-state index contributed by atoms with van der Waals surface area (Å²) < 4.78 is 9.76. The van der Waals surface area contributed by atoms with Crippen molar-refractivity contribution in [2.75, 3.05) is 13.7 Å². The molecule has 0 amide bonds. The zero-order chi connectivity index (χ0) is 13.0. The van der Waals surface area contributed by atoms with Gasteiger partial charge in [-0.05, 0) is 16.8 Å². The van der Waals surface area contributed by atoms with E-state index in [2.05, 4.69) is 4.74 Å². The molecule has 0 saturated carbocycles. The normalized spacial score (nSPS) is 10.1. The highest BCUT2D eigenvalue weighted by Crippen LogP contribution is 2.26. The highest BCUT2D eigenvalue weighted by atomic mass is 16.6. The maximum Gasteiger partial charge on any atom is 0.343 e. The monoisotopic (exact) mass is 244 g/mol. The first-order valence-electron chi connectivity index (χ1n) is 5.43. The van der Waals surface area contributed by atoms with Gasteiger partial charge in [-0.15, -0.1) is 0 Å². The number of esters is 1. The Balaban J connectivity index is 2.38. The minimum absolute atomic E-state index is 0.213. The van der Waals surface area contributed by atoms with Crippen molar-refractivity contribution < 1.29 is 19.1 Å². The third-order valence-corrected chi connectivity index (χ3v) is 2.62. The number of carbonyl (C=O) groups is 2. The van der Waals surface area contributed by atoms with E-state index in [1.807, 2.05) is 30.3 Å². The van der Waals surface area contributed by atoms with Gasteiger partial charge >= 0.3 is 5.97 Å². The maximum atomic E-state index is 11.2. The number of fused-ring (bicyclic) bond motifs is 1. The van der Waals surface area contributed by atoms with E-state index in [1.165, 1.54) is 7.11 Å². The van der Waals surface area contributed by atoms with Gasteiger partial charge in [-0.2, -0.15) is 0 Å². The summed E-state index contributed by atoms with van der Waals surface area (Å²) in [5, 5.41) is 1.75. The molecule has 0 radical (unpaired) electrons. The second kappa shape index (κ2) is 5.31. The molecule has 0 N–H and O–H groups in total. The number of hydrogen-bond acceptors (Lipinski definition) is 4. The Labute approximate surface area is 104 Å². The molecule has 0 aliphatic carbocycles. The van der Waals surface area contributed by atoms with Gasteiger partial charge in [0.15, 0.2) is 12.9 Å². The fraction of sp³-hybridized carbons (Fsp3) is 0.143. The molecule has 4 heteroatoms. The van der Waals surface area contributed by atoms with Crippen molar-refractivity contribution >= 4 is 23.0 Å². The number of aldehydes is 1. The number of ether oxygens (including phenoxy) is 2. The molecule has 0 atom stereocenters. The van der Waals surface area contributed by atoms with Gasteiger partial charge in [-0.25, -0.2) is 4.79 Å². The van der Waals surface area contributed by atoms with Gasteiger partial charge in [-0.1, -0.05) is 30.3 Å². The minimum Gasteiger partial charge on any atom is -0.481 e. The molecular weight excluding hydrogens is 232 g/mol. The zero-order valence-corrected chi connectivity index (χ0v) is 9.88. The highest BCUT2D eigenvalue weighted by Gasteiger charge is 2.09. The highest BCUT2D eigenvalue weighted by molar-refractivity contribution is 6.00. The molecule has 0 heterocycles. The van der Waals surface area contributed by atoms with Crippen molar-refractivity contribution in [1.82, 2.24) is 0 Å². The largest absolute Gasteiger partial charge is 0.481 e. The van der Waals surface area contributed by atoms with Crippen molar-refractivity contribution in [1.29, 1.82) is 0 Å². The Kier molecular flexibility index (Phi) is 3.57. The quantitative estimate of drug-likeness (QED) is 0.611. The summed E-state index contributed by atoms with van der Waals surface area (Å²) in [5.41, 5.74) is 0.442. The lowest BCUT2D eigenvalue weighted by atomic mass is 10.0. The number of benzene rings is 2. The molecule has 0 unspecified atom stereocenters. The Morgan fingerprint density at radius 1 is 1.22 bits per heavy atom. The molecule has 0 bridgehead atoms. The first-order valence-corrected chi connectivity index (χ1v) is 5.43. The molecule has 2 aromatic carbocycles. The number of carbonyl (C=O) groups excluding carboxylic acids is 2. The molecule has 0 aliphatic rings. The van der Waals surface area contributed by atoms with E-state index in [0.717, 1.165) is 17.1 Å². The van der Waals surface area contributed by atoms with Crippen LogP contribution in [0, 0.1) is 0 Å². The second-order valence-electron chi connectivity index (χ2n) is 3.68. The molecule has 0 aliphatic heterocycles. The van der Waals surface area contributed by atoms with Gasteiger partial charge in [0, 0.05) is 0 Å². The van der Waals surface area contributed by atoms with Crippen LogP contribution in [0.4, 0.5) is 0 Å². The van der Waals surface area contributed by atoms with E-state index in [-0.39, 0.29) is 6.61 Å². The zero-order valence-electron chi connectivity index (χ0n) is 9.88. The average Bonchev–Trinajstić information content (AvgIpc) is 2.43. The Hall–Kier alpha value is -2.36. The smallest absolute Gasteiger partial charge is 0.343 e. The molecule has 92 valence electrons. The van der Waals surface area contributed by atoms with Crippen LogP contribution in [0.15, 0.2) is 36.4 Å². The van der Waals surface area contributed by atoms with Crippen LogP contribution in [0.5, 0.6) is 5.75 Å². The van der Waals surface area contributed by atoms with Crippen molar-refractivity contribution in [2.24, 2.45) is 0 Å². The van der Waals surface area contributed by atoms with Crippen molar-refractivity contribution in [3.63, 3.8) is 0 Å². The summed E-state index contributed by atoms with van der Waals surface area (Å²) in [6, 6.07) is 11.0. The minimum atomic E-state index is -0.486. The van der Waals surface area contributed by atoms with Crippen LogP contribution in [-0.2, 0) is 9.53 Å². The molecular formula is C14H12O4.